The van der Waals surface area contributed by atoms with Crippen molar-refractivity contribution in [1.29, 1.82) is 0 Å². The molecule has 184 valence electrons. The molecule has 0 radical (unpaired) electrons. The fraction of sp³-hybridized carbons (Fsp3) is 0.0345. The summed E-state index contributed by atoms with van der Waals surface area (Å²) in [6, 6.07) is 29.6. The third-order valence-corrected chi connectivity index (χ3v) is 7.48. The maximum atomic E-state index is 13.3. The predicted octanol–water partition coefficient (Wildman–Crippen LogP) is 6.92. The first-order valence-electron chi connectivity index (χ1n) is 11.5. The van der Waals surface area contributed by atoms with Gasteiger partial charge in [0.1, 0.15) is 0 Å². The van der Waals surface area contributed by atoms with Gasteiger partial charge in [0.05, 0.1) is 21.7 Å². The van der Waals surface area contributed by atoms with Gasteiger partial charge in [-0.05, 0) is 67.6 Å². The molecule has 0 saturated heterocycles. The fourth-order valence-corrected chi connectivity index (χ4v) is 5.07. The third-order valence-electron chi connectivity index (χ3n) is 5.83. The molecular formula is C29H22ClN3O3S. The Labute approximate surface area is 220 Å². The van der Waals surface area contributed by atoms with Crippen molar-refractivity contribution in [2.75, 3.05) is 10.0 Å². The van der Waals surface area contributed by atoms with E-state index in [0.29, 0.717) is 33.2 Å². The number of hydrogen-bond acceptors (Lipinski definition) is 4. The second-order valence-electron chi connectivity index (χ2n) is 8.53. The maximum absolute atomic E-state index is 13.3. The van der Waals surface area contributed by atoms with Gasteiger partial charge in [-0.25, -0.2) is 13.4 Å². The number of nitrogens with zero attached hydrogens (tertiary/aromatic N) is 1. The van der Waals surface area contributed by atoms with Crippen molar-refractivity contribution in [2.45, 2.75) is 11.8 Å². The zero-order chi connectivity index (χ0) is 26.0. The monoisotopic (exact) mass is 527 g/mol. The number of anilines is 2. The molecule has 4 aromatic carbocycles. The summed E-state index contributed by atoms with van der Waals surface area (Å²) in [5.41, 5.74) is 4.55. The Kier molecular flexibility index (Phi) is 6.65. The van der Waals surface area contributed by atoms with Crippen LogP contribution >= 0.6 is 11.6 Å². The minimum absolute atomic E-state index is 0.177. The highest BCUT2D eigenvalue weighted by Gasteiger charge is 2.16. The maximum Gasteiger partial charge on any atom is 0.261 e. The molecule has 0 bridgehead atoms. The Morgan fingerprint density at radius 3 is 2.16 bits per heavy atom. The number of amides is 1. The minimum Gasteiger partial charge on any atom is -0.322 e. The fourth-order valence-electron chi connectivity index (χ4n) is 3.88. The zero-order valence-corrected chi connectivity index (χ0v) is 21.3. The molecular weight excluding hydrogens is 506 g/mol. The smallest absolute Gasteiger partial charge is 0.261 e. The first-order valence-corrected chi connectivity index (χ1v) is 13.3. The number of fused-ring (bicyclic) bond motifs is 1. The molecule has 5 aromatic rings. The van der Waals surface area contributed by atoms with Crippen molar-refractivity contribution in [2.24, 2.45) is 0 Å². The number of rotatable bonds is 6. The van der Waals surface area contributed by atoms with Crippen LogP contribution in [0.5, 0.6) is 0 Å². The van der Waals surface area contributed by atoms with Crippen LogP contribution in [0.3, 0.4) is 0 Å². The van der Waals surface area contributed by atoms with Crippen LogP contribution in [0.25, 0.3) is 22.2 Å². The van der Waals surface area contributed by atoms with Crippen LogP contribution in [0, 0.1) is 6.92 Å². The third kappa shape index (κ3) is 5.48. The van der Waals surface area contributed by atoms with E-state index < -0.39 is 10.0 Å². The minimum atomic E-state index is -3.72. The molecule has 5 rings (SSSR count). The summed E-state index contributed by atoms with van der Waals surface area (Å²) in [7, 11) is -3.72. The molecule has 0 spiro atoms. The first kappa shape index (κ1) is 24.5. The molecule has 0 saturated carbocycles. The van der Waals surface area contributed by atoms with Crippen molar-refractivity contribution in [3.8, 4) is 11.3 Å². The number of para-hydroxylation sites is 1. The van der Waals surface area contributed by atoms with E-state index in [1.165, 1.54) is 0 Å². The van der Waals surface area contributed by atoms with Gasteiger partial charge in [0.15, 0.2) is 0 Å². The number of hydrogen-bond donors (Lipinski definition) is 2. The van der Waals surface area contributed by atoms with Gasteiger partial charge in [-0.15, -0.1) is 0 Å². The highest BCUT2D eigenvalue weighted by molar-refractivity contribution is 7.92. The van der Waals surface area contributed by atoms with Crippen LogP contribution in [0.1, 0.15) is 15.9 Å². The van der Waals surface area contributed by atoms with Gasteiger partial charge in [0.25, 0.3) is 15.9 Å². The van der Waals surface area contributed by atoms with E-state index in [4.69, 9.17) is 16.6 Å². The SMILES string of the molecule is Cc1ccc(S(=O)(=O)Nc2ccc(NC(=O)c3cc(-c4ccc(Cl)cc4)nc4ccccc34)cc2)cc1. The predicted molar refractivity (Wildman–Crippen MR) is 149 cm³/mol. The molecule has 6 nitrogen and oxygen atoms in total. The van der Waals surface area contributed by atoms with Gasteiger partial charge < -0.3 is 5.32 Å². The number of nitrogens with one attached hydrogen (secondary N) is 2. The zero-order valence-electron chi connectivity index (χ0n) is 19.8. The Hall–Kier alpha value is -4.20. The largest absolute Gasteiger partial charge is 0.322 e. The van der Waals surface area contributed by atoms with Crippen molar-refractivity contribution in [1.82, 2.24) is 4.98 Å². The molecule has 2 N–H and O–H groups in total. The Morgan fingerprint density at radius 1 is 0.811 bits per heavy atom. The highest BCUT2D eigenvalue weighted by Crippen LogP contribution is 2.27. The highest BCUT2D eigenvalue weighted by atomic mass is 35.5. The van der Waals surface area contributed by atoms with Crippen LogP contribution in [0.15, 0.2) is 108 Å². The van der Waals surface area contributed by atoms with Crippen molar-refractivity contribution in [3.05, 3.63) is 119 Å². The molecule has 0 atom stereocenters. The van der Waals surface area contributed by atoms with Crippen LogP contribution in [-0.2, 0) is 10.0 Å². The van der Waals surface area contributed by atoms with Gasteiger partial charge >= 0.3 is 0 Å². The number of aryl methyl sites for hydroxylation is 1. The number of benzene rings is 4. The van der Waals surface area contributed by atoms with Crippen molar-refractivity contribution < 1.29 is 13.2 Å². The van der Waals surface area contributed by atoms with Crippen LogP contribution in [-0.4, -0.2) is 19.3 Å². The molecule has 0 aliphatic carbocycles. The summed E-state index contributed by atoms with van der Waals surface area (Å²) >= 11 is 6.03. The first-order chi connectivity index (χ1) is 17.8. The normalized spacial score (nSPS) is 11.3. The molecule has 0 unspecified atom stereocenters. The van der Waals surface area contributed by atoms with Crippen LogP contribution < -0.4 is 10.0 Å². The molecule has 37 heavy (non-hydrogen) atoms. The number of carbonyl (C=O) groups excluding carboxylic acids is 1. The summed E-state index contributed by atoms with van der Waals surface area (Å²) in [5.74, 6) is -0.304. The van der Waals surface area contributed by atoms with Gasteiger partial charge in [0, 0.05) is 27.3 Å². The number of aromatic nitrogens is 1. The van der Waals surface area contributed by atoms with Crippen LogP contribution in [0.4, 0.5) is 11.4 Å². The lowest BCUT2D eigenvalue weighted by molar-refractivity contribution is 0.102. The Balaban J connectivity index is 1.39. The van der Waals surface area contributed by atoms with Gasteiger partial charge in [-0.3, -0.25) is 9.52 Å². The van der Waals surface area contributed by atoms with Gasteiger partial charge in [0.2, 0.25) is 0 Å². The summed E-state index contributed by atoms with van der Waals surface area (Å²) in [6.07, 6.45) is 0. The summed E-state index contributed by atoms with van der Waals surface area (Å²) in [4.78, 5) is 18.2. The molecule has 0 fully saturated rings. The second-order valence-corrected chi connectivity index (χ2v) is 10.6. The standard InChI is InChI=1S/C29H22ClN3O3S/c1-19-6-16-24(17-7-19)37(35,36)33-23-14-12-22(13-15-23)31-29(34)26-18-28(20-8-10-21(30)11-9-20)32-27-5-3-2-4-25(26)27/h2-18,33H,1H3,(H,31,34). The molecule has 1 heterocycles. The Bertz CT molecular complexity index is 1700. The van der Waals surface area contributed by atoms with E-state index in [9.17, 15) is 13.2 Å². The van der Waals surface area contributed by atoms with E-state index in [-0.39, 0.29) is 10.8 Å². The van der Waals surface area contributed by atoms with E-state index in [1.54, 1.807) is 66.7 Å². The lowest BCUT2D eigenvalue weighted by Gasteiger charge is -2.12. The van der Waals surface area contributed by atoms with Gasteiger partial charge in [-0.2, -0.15) is 0 Å². The van der Waals surface area contributed by atoms with E-state index >= 15 is 0 Å². The Morgan fingerprint density at radius 2 is 1.46 bits per heavy atom. The molecule has 1 aromatic heterocycles. The average molecular weight is 528 g/mol. The van der Waals surface area contributed by atoms with Crippen molar-refractivity contribution >= 4 is 49.8 Å². The molecule has 0 aliphatic heterocycles. The number of carbonyl (C=O) groups is 1. The lowest BCUT2D eigenvalue weighted by atomic mass is 10.0. The van der Waals surface area contributed by atoms with E-state index in [1.807, 2.05) is 43.3 Å². The lowest BCUT2D eigenvalue weighted by Crippen LogP contribution is -2.14. The van der Waals surface area contributed by atoms with Crippen molar-refractivity contribution in [3.63, 3.8) is 0 Å². The topological polar surface area (TPSA) is 88.2 Å². The summed E-state index contributed by atoms with van der Waals surface area (Å²) < 4.78 is 27.9. The molecule has 8 heteroatoms. The summed E-state index contributed by atoms with van der Waals surface area (Å²) in [5, 5.41) is 4.24. The van der Waals surface area contributed by atoms with E-state index in [2.05, 4.69) is 10.0 Å². The summed E-state index contributed by atoms with van der Waals surface area (Å²) in [6.45, 7) is 1.89. The van der Waals surface area contributed by atoms with Gasteiger partial charge in [-0.1, -0.05) is 59.6 Å². The van der Waals surface area contributed by atoms with E-state index in [0.717, 1.165) is 16.5 Å². The number of pyridine rings is 1. The second kappa shape index (κ2) is 10.0. The number of sulfonamides is 1. The quantitative estimate of drug-likeness (QED) is 0.251. The average Bonchev–Trinajstić information content (AvgIpc) is 2.89. The van der Waals surface area contributed by atoms with Crippen LogP contribution in [0.2, 0.25) is 5.02 Å². The number of halogens is 1. The molecule has 1 amide bonds. The molecule has 0 aliphatic rings.